The summed E-state index contributed by atoms with van der Waals surface area (Å²) in [5.41, 5.74) is 2.30. The number of methoxy groups -OCH3 is 1. The van der Waals surface area contributed by atoms with Crippen LogP contribution in [-0.2, 0) is 7.05 Å². The minimum atomic E-state index is -0.248. The molecule has 8 heteroatoms. The second-order valence-corrected chi connectivity index (χ2v) is 6.63. The van der Waals surface area contributed by atoms with Crippen molar-refractivity contribution in [3.8, 4) is 16.3 Å². The van der Waals surface area contributed by atoms with Crippen LogP contribution in [-0.4, -0.2) is 27.8 Å². The predicted molar refractivity (Wildman–Crippen MR) is 95.0 cm³/mol. The van der Waals surface area contributed by atoms with Crippen LogP contribution in [0.15, 0.2) is 30.7 Å². The number of aryl methyl sites for hydroxylation is 2. The standard InChI is InChI=1S/C16H15ClN4O2S/c1-9-4-12(13(23-3)5-11(9)17)20-15(22)14-7-18-16(24-14)10-6-19-21(2)8-10/h4-8H,1-3H3,(H,20,22). The summed E-state index contributed by atoms with van der Waals surface area (Å²) in [6.45, 7) is 1.87. The number of hydrogen-bond acceptors (Lipinski definition) is 5. The maximum absolute atomic E-state index is 12.5. The number of aromatic nitrogens is 3. The highest BCUT2D eigenvalue weighted by Crippen LogP contribution is 2.32. The number of thiazole rings is 1. The monoisotopic (exact) mass is 362 g/mol. The van der Waals surface area contributed by atoms with E-state index in [-0.39, 0.29) is 5.91 Å². The molecule has 0 radical (unpaired) electrons. The summed E-state index contributed by atoms with van der Waals surface area (Å²) in [5.74, 6) is 0.263. The number of benzene rings is 1. The summed E-state index contributed by atoms with van der Waals surface area (Å²) in [6.07, 6.45) is 5.12. The Morgan fingerprint density at radius 3 is 2.83 bits per heavy atom. The molecule has 0 aliphatic carbocycles. The summed E-state index contributed by atoms with van der Waals surface area (Å²) >= 11 is 7.39. The highest BCUT2D eigenvalue weighted by molar-refractivity contribution is 7.17. The number of amides is 1. The fraction of sp³-hybridized carbons (Fsp3) is 0.188. The third-order valence-corrected chi connectivity index (χ3v) is 4.86. The van der Waals surface area contributed by atoms with Crippen LogP contribution in [0.4, 0.5) is 5.69 Å². The van der Waals surface area contributed by atoms with E-state index >= 15 is 0 Å². The van der Waals surface area contributed by atoms with Crippen molar-refractivity contribution >= 4 is 34.5 Å². The van der Waals surface area contributed by atoms with Crippen LogP contribution in [0.5, 0.6) is 5.75 Å². The Morgan fingerprint density at radius 2 is 2.17 bits per heavy atom. The van der Waals surface area contributed by atoms with Gasteiger partial charge in [-0.1, -0.05) is 11.6 Å². The van der Waals surface area contributed by atoms with Gasteiger partial charge in [-0.3, -0.25) is 9.48 Å². The van der Waals surface area contributed by atoms with Gasteiger partial charge in [0.15, 0.2) is 0 Å². The number of nitrogens with zero attached hydrogens (tertiary/aromatic N) is 3. The van der Waals surface area contributed by atoms with E-state index in [0.29, 0.717) is 21.3 Å². The zero-order valence-electron chi connectivity index (χ0n) is 13.3. The molecule has 3 aromatic rings. The molecule has 1 N–H and O–H groups in total. The zero-order valence-corrected chi connectivity index (χ0v) is 14.9. The first kappa shape index (κ1) is 16.5. The molecule has 0 unspecified atom stereocenters. The first-order chi connectivity index (χ1) is 11.5. The molecule has 1 aromatic carbocycles. The van der Waals surface area contributed by atoms with Crippen molar-refractivity contribution in [3.63, 3.8) is 0 Å². The second kappa shape index (κ2) is 6.62. The van der Waals surface area contributed by atoms with Crippen molar-refractivity contribution < 1.29 is 9.53 Å². The van der Waals surface area contributed by atoms with E-state index in [0.717, 1.165) is 16.1 Å². The predicted octanol–water partition coefficient (Wildman–Crippen LogP) is 3.77. The van der Waals surface area contributed by atoms with Gasteiger partial charge < -0.3 is 10.1 Å². The molecular weight excluding hydrogens is 348 g/mol. The highest BCUT2D eigenvalue weighted by atomic mass is 35.5. The summed E-state index contributed by atoms with van der Waals surface area (Å²) < 4.78 is 6.97. The molecule has 0 spiro atoms. The largest absolute Gasteiger partial charge is 0.495 e. The first-order valence-electron chi connectivity index (χ1n) is 7.08. The normalized spacial score (nSPS) is 10.7. The Bertz CT molecular complexity index is 903. The van der Waals surface area contributed by atoms with E-state index in [9.17, 15) is 4.79 Å². The summed E-state index contributed by atoms with van der Waals surface area (Å²) in [4.78, 5) is 17.3. The Balaban J connectivity index is 1.83. The molecule has 0 fully saturated rings. The van der Waals surface area contributed by atoms with E-state index in [4.69, 9.17) is 16.3 Å². The van der Waals surface area contributed by atoms with Crippen LogP contribution in [0.3, 0.4) is 0 Å². The molecule has 124 valence electrons. The second-order valence-electron chi connectivity index (χ2n) is 5.19. The van der Waals surface area contributed by atoms with Crippen molar-refractivity contribution in [1.82, 2.24) is 14.8 Å². The average molecular weight is 363 g/mol. The van der Waals surface area contributed by atoms with Gasteiger partial charge in [0.1, 0.15) is 15.6 Å². The SMILES string of the molecule is COc1cc(Cl)c(C)cc1NC(=O)c1cnc(-c2cnn(C)c2)s1. The smallest absolute Gasteiger partial charge is 0.267 e. The Morgan fingerprint density at radius 1 is 1.38 bits per heavy atom. The molecule has 0 atom stereocenters. The van der Waals surface area contributed by atoms with Crippen LogP contribution in [0.25, 0.3) is 10.6 Å². The van der Waals surface area contributed by atoms with Crippen molar-refractivity contribution in [1.29, 1.82) is 0 Å². The number of ether oxygens (including phenoxy) is 1. The molecule has 3 rings (SSSR count). The molecule has 0 bridgehead atoms. The molecule has 6 nitrogen and oxygen atoms in total. The highest BCUT2D eigenvalue weighted by Gasteiger charge is 2.15. The van der Waals surface area contributed by atoms with Crippen molar-refractivity contribution in [3.05, 3.63) is 46.2 Å². The number of anilines is 1. The lowest BCUT2D eigenvalue weighted by Crippen LogP contribution is -2.11. The van der Waals surface area contributed by atoms with Crippen LogP contribution in [0, 0.1) is 6.92 Å². The Labute approximate surface area is 148 Å². The fourth-order valence-electron chi connectivity index (χ4n) is 2.16. The Kier molecular flexibility index (Phi) is 4.55. The molecule has 2 aromatic heterocycles. The van der Waals surface area contributed by atoms with Crippen LogP contribution >= 0.6 is 22.9 Å². The lowest BCUT2D eigenvalue weighted by molar-refractivity contribution is 0.103. The van der Waals surface area contributed by atoms with Crippen molar-refractivity contribution in [2.45, 2.75) is 6.92 Å². The van der Waals surface area contributed by atoms with Crippen molar-refractivity contribution in [2.24, 2.45) is 7.05 Å². The lowest BCUT2D eigenvalue weighted by atomic mass is 10.2. The first-order valence-corrected chi connectivity index (χ1v) is 8.27. The van der Waals surface area contributed by atoms with Gasteiger partial charge in [-0.15, -0.1) is 11.3 Å². The van der Waals surface area contributed by atoms with E-state index in [1.165, 1.54) is 18.4 Å². The molecular formula is C16H15ClN4O2S. The molecule has 0 saturated heterocycles. The van der Waals surface area contributed by atoms with Gasteiger partial charge >= 0.3 is 0 Å². The van der Waals surface area contributed by atoms with Gasteiger partial charge in [0.25, 0.3) is 5.91 Å². The fourth-order valence-corrected chi connectivity index (χ4v) is 3.10. The summed E-state index contributed by atoms with van der Waals surface area (Å²) in [5, 5.41) is 8.28. The van der Waals surface area contributed by atoms with E-state index in [1.807, 2.05) is 20.2 Å². The zero-order chi connectivity index (χ0) is 17.3. The van der Waals surface area contributed by atoms with Crippen molar-refractivity contribution in [2.75, 3.05) is 12.4 Å². The van der Waals surface area contributed by atoms with Gasteiger partial charge in [-0.2, -0.15) is 5.10 Å². The molecule has 1 amide bonds. The van der Waals surface area contributed by atoms with E-state index in [2.05, 4.69) is 15.4 Å². The van der Waals surface area contributed by atoms with Gasteiger partial charge in [-0.25, -0.2) is 4.98 Å². The van der Waals surface area contributed by atoms with Crippen LogP contribution in [0.1, 0.15) is 15.2 Å². The van der Waals surface area contributed by atoms with E-state index in [1.54, 1.807) is 29.2 Å². The Hall–Kier alpha value is -2.38. The molecule has 0 aliphatic heterocycles. The van der Waals surface area contributed by atoms with Gasteiger partial charge in [-0.05, 0) is 18.6 Å². The molecule has 0 saturated carbocycles. The number of hydrogen-bond donors (Lipinski definition) is 1. The number of rotatable bonds is 4. The van der Waals surface area contributed by atoms with Gasteiger partial charge in [0.2, 0.25) is 0 Å². The maximum atomic E-state index is 12.5. The van der Waals surface area contributed by atoms with Gasteiger partial charge in [0, 0.05) is 29.9 Å². The van der Waals surface area contributed by atoms with E-state index < -0.39 is 0 Å². The van der Waals surface area contributed by atoms with Gasteiger partial charge in [0.05, 0.1) is 25.2 Å². The minimum absolute atomic E-state index is 0.248. The molecule has 0 aliphatic rings. The number of nitrogens with one attached hydrogen (secondary N) is 1. The molecule has 2 heterocycles. The number of carbonyl (C=O) groups excluding carboxylic acids is 1. The third-order valence-electron chi connectivity index (χ3n) is 3.41. The lowest BCUT2D eigenvalue weighted by Gasteiger charge is -2.11. The maximum Gasteiger partial charge on any atom is 0.267 e. The summed E-state index contributed by atoms with van der Waals surface area (Å²) in [7, 11) is 3.36. The number of halogens is 1. The van der Waals surface area contributed by atoms with Crippen LogP contribution < -0.4 is 10.1 Å². The quantitative estimate of drug-likeness (QED) is 0.767. The summed E-state index contributed by atoms with van der Waals surface area (Å²) in [6, 6.07) is 3.46. The topological polar surface area (TPSA) is 69.0 Å². The van der Waals surface area contributed by atoms with Crippen LogP contribution in [0.2, 0.25) is 5.02 Å². The number of carbonyl (C=O) groups is 1. The molecule has 24 heavy (non-hydrogen) atoms. The third kappa shape index (κ3) is 3.27. The average Bonchev–Trinajstić information content (AvgIpc) is 3.19. The minimum Gasteiger partial charge on any atom is -0.495 e.